The second-order valence-electron chi connectivity index (χ2n) is 4.02. The number of benzene rings is 1. The topological polar surface area (TPSA) is 47.0 Å². The van der Waals surface area contributed by atoms with E-state index in [0.717, 1.165) is 24.5 Å². The van der Waals surface area contributed by atoms with Crippen molar-refractivity contribution in [2.24, 2.45) is 0 Å². The normalized spacial score (nSPS) is 13.7. The molecular formula is C14H18ClN3O. The van der Waals surface area contributed by atoms with Crippen LogP contribution in [-0.4, -0.2) is 23.1 Å². The number of hydrogen-bond donors (Lipinski definition) is 1. The maximum Gasteiger partial charge on any atom is 0.241 e. The van der Waals surface area contributed by atoms with Gasteiger partial charge >= 0.3 is 0 Å². The van der Waals surface area contributed by atoms with E-state index < -0.39 is 0 Å². The average Bonchev–Trinajstić information content (AvgIpc) is 2.31. The molecule has 5 heteroatoms. The van der Waals surface area contributed by atoms with E-state index in [1.165, 1.54) is 0 Å². The van der Waals surface area contributed by atoms with Gasteiger partial charge < -0.3 is 10.1 Å². The van der Waals surface area contributed by atoms with Crippen LogP contribution in [0, 0.1) is 0 Å². The number of ether oxygens (including phenoxy) is 1. The lowest BCUT2D eigenvalue weighted by molar-refractivity contribution is 0.399. The van der Waals surface area contributed by atoms with E-state index in [4.69, 9.17) is 4.74 Å². The van der Waals surface area contributed by atoms with Gasteiger partial charge in [0.1, 0.15) is 11.4 Å². The van der Waals surface area contributed by atoms with Crippen molar-refractivity contribution in [3.63, 3.8) is 0 Å². The number of nitrogens with one attached hydrogen (secondary N) is 1. The first-order chi connectivity index (χ1) is 8.43. The summed E-state index contributed by atoms with van der Waals surface area (Å²) in [7, 11) is 0. The lowest BCUT2D eigenvalue weighted by Crippen LogP contribution is -2.40. The fraction of sp³-hybridized carbons (Fsp3) is 0.286. The molecule has 0 aliphatic carbocycles. The minimum Gasteiger partial charge on any atom is -0.437 e. The molecule has 0 saturated carbocycles. The first kappa shape index (κ1) is 15.4. The van der Waals surface area contributed by atoms with Gasteiger partial charge in [-0.15, -0.1) is 12.4 Å². The van der Waals surface area contributed by atoms with E-state index in [0.29, 0.717) is 11.8 Å². The summed E-state index contributed by atoms with van der Waals surface area (Å²) in [5.74, 6) is 1.83. The number of aromatic nitrogens is 2. The third-order valence-electron chi connectivity index (χ3n) is 2.82. The van der Waals surface area contributed by atoms with Gasteiger partial charge in [-0.1, -0.05) is 25.6 Å². The zero-order valence-corrected chi connectivity index (χ0v) is 10.6. The predicted octanol–water partition coefficient (Wildman–Crippen LogP) is 3.01. The molecule has 19 heavy (non-hydrogen) atoms. The first-order valence-electron chi connectivity index (χ1n) is 5.68. The fourth-order valence-corrected chi connectivity index (χ4v) is 1.78. The first-order valence-corrected chi connectivity index (χ1v) is 5.68. The highest BCUT2D eigenvalue weighted by Crippen LogP contribution is 2.28. The van der Waals surface area contributed by atoms with Crippen LogP contribution in [0.1, 0.15) is 19.0 Å². The molecule has 1 aromatic carbocycles. The molecule has 0 bridgehead atoms. The molecule has 1 N–H and O–H groups in total. The van der Waals surface area contributed by atoms with Crippen LogP contribution in [-0.2, 0) is 0 Å². The van der Waals surface area contributed by atoms with Gasteiger partial charge in [0.05, 0.1) is 0 Å². The Morgan fingerprint density at radius 2 is 1.74 bits per heavy atom. The third kappa shape index (κ3) is 3.43. The van der Waals surface area contributed by atoms with Gasteiger partial charge in [0.25, 0.3) is 0 Å². The Labute approximate surface area is 119 Å². The number of rotatable bonds is 3. The largest absolute Gasteiger partial charge is 0.437 e. The number of nitrogens with zero attached hydrogens (tertiary/aromatic N) is 2. The number of hydrogen-bond acceptors (Lipinski definition) is 4. The van der Waals surface area contributed by atoms with E-state index in [1.54, 1.807) is 12.4 Å². The molecule has 0 spiro atoms. The summed E-state index contributed by atoms with van der Waals surface area (Å²) in [6, 6.07) is 9.67. The van der Waals surface area contributed by atoms with Crippen LogP contribution in [0.15, 0.2) is 42.7 Å². The molecule has 2 aromatic rings. The van der Waals surface area contributed by atoms with E-state index >= 15 is 0 Å². The van der Waals surface area contributed by atoms with Crippen molar-refractivity contribution in [1.29, 1.82) is 0 Å². The van der Waals surface area contributed by atoms with Gasteiger partial charge in [-0.2, -0.15) is 0 Å². The molecule has 1 saturated heterocycles. The highest BCUT2D eigenvalue weighted by Gasteiger charge is 2.24. The number of para-hydroxylation sites is 1. The lowest BCUT2D eigenvalue weighted by atomic mass is 9.99. The summed E-state index contributed by atoms with van der Waals surface area (Å²) in [5, 5.41) is 3.23. The molecule has 1 aliphatic rings. The highest BCUT2D eigenvalue weighted by atomic mass is 35.5. The van der Waals surface area contributed by atoms with Crippen LogP contribution in [0.2, 0.25) is 0 Å². The summed E-state index contributed by atoms with van der Waals surface area (Å²) < 4.78 is 5.76. The van der Waals surface area contributed by atoms with Crippen molar-refractivity contribution in [3.05, 3.63) is 48.4 Å². The van der Waals surface area contributed by atoms with Crippen LogP contribution >= 0.6 is 12.4 Å². The van der Waals surface area contributed by atoms with Gasteiger partial charge in [0.2, 0.25) is 5.88 Å². The summed E-state index contributed by atoms with van der Waals surface area (Å²) in [4.78, 5) is 8.63. The Hall–Kier alpha value is -1.65. The summed E-state index contributed by atoms with van der Waals surface area (Å²) in [6.45, 7) is 1.90. The molecule has 2 heterocycles. The fourth-order valence-electron chi connectivity index (χ4n) is 1.78. The Balaban J connectivity index is 0.000000902. The van der Waals surface area contributed by atoms with Crippen molar-refractivity contribution in [1.82, 2.24) is 15.3 Å². The zero-order valence-electron chi connectivity index (χ0n) is 9.74. The maximum absolute atomic E-state index is 5.76. The molecule has 0 radical (unpaired) electrons. The molecule has 0 unspecified atom stereocenters. The zero-order chi connectivity index (χ0) is 11.5. The Morgan fingerprint density at radius 3 is 2.37 bits per heavy atom. The highest BCUT2D eigenvalue weighted by molar-refractivity contribution is 5.85. The minimum absolute atomic E-state index is 0. The van der Waals surface area contributed by atoms with E-state index in [1.807, 2.05) is 30.3 Å². The van der Waals surface area contributed by atoms with Crippen molar-refractivity contribution < 1.29 is 4.74 Å². The van der Waals surface area contributed by atoms with E-state index in [9.17, 15) is 0 Å². The smallest absolute Gasteiger partial charge is 0.241 e. The van der Waals surface area contributed by atoms with Gasteiger partial charge in [0, 0.05) is 31.4 Å². The summed E-state index contributed by atoms with van der Waals surface area (Å²) in [6.07, 6.45) is 3.37. The van der Waals surface area contributed by atoms with Crippen molar-refractivity contribution in [2.45, 2.75) is 13.3 Å². The SMILES string of the molecule is C.Cl.c1ccc(Oc2nccnc2C2CNC2)cc1. The molecule has 3 rings (SSSR count). The van der Waals surface area contributed by atoms with Gasteiger partial charge in [0.15, 0.2) is 0 Å². The van der Waals surface area contributed by atoms with Crippen LogP contribution in [0.4, 0.5) is 0 Å². The third-order valence-corrected chi connectivity index (χ3v) is 2.82. The molecule has 1 aliphatic heterocycles. The Morgan fingerprint density at radius 1 is 1.05 bits per heavy atom. The van der Waals surface area contributed by atoms with Crippen molar-refractivity contribution in [2.75, 3.05) is 13.1 Å². The lowest BCUT2D eigenvalue weighted by Gasteiger charge is -2.27. The van der Waals surface area contributed by atoms with Crippen molar-refractivity contribution >= 4 is 12.4 Å². The quantitative estimate of drug-likeness (QED) is 0.938. The van der Waals surface area contributed by atoms with Crippen LogP contribution in [0.25, 0.3) is 0 Å². The summed E-state index contributed by atoms with van der Waals surface area (Å²) >= 11 is 0. The van der Waals surface area contributed by atoms with Crippen LogP contribution < -0.4 is 10.1 Å². The average molecular weight is 280 g/mol. The molecule has 4 nitrogen and oxygen atoms in total. The molecule has 0 amide bonds. The van der Waals surface area contributed by atoms with Gasteiger partial charge in [-0.05, 0) is 12.1 Å². The Kier molecular flexibility index (Phi) is 5.73. The van der Waals surface area contributed by atoms with Gasteiger partial charge in [-0.25, -0.2) is 4.98 Å². The number of halogens is 1. The molecule has 0 atom stereocenters. The van der Waals surface area contributed by atoms with Gasteiger partial charge in [-0.3, -0.25) is 4.98 Å². The standard InChI is InChI=1S/C13H13N3O.CH4.ClH/c1-2-4-11(5-3-1)17-13-12(10-8-14-9-10)15-6-7-16-13;;/h1-7,10,14H,8-9H2;1H4;1H. The Bertz CT molecular complexity index is 503. The summed E-state index contributed by atoms with van der Waals surface area (Å²) in [5.41, 5.74) is 0.940. The second kappa shape index (κ2) is 7.07. The van der Waals surface area contributed by atoms with Crippen LogP contribution in [0.3, 0.4) is 0 Å². The van der Waals surface area contributed by atoms with Crippen LogP contribution in [0.5, 0.6) is 11.6 Å². The minimum atomic E-state index is 0. The molecule has 1 aromatic heterocycles. The van der Waals surface area contributed by atoms with Crippen molar-refractivity contribution in [3.8, 4) is 11.6 Å². The van der Waals surface area contributed by atoms with E-state index in [2.05, 4.69) is 15.3 Å². The molecule has 1 fully saturated rings. The second-order valence-corrected chi connectivity index (χ2v) is 4.02. The molecular weight excluding hydrogens is 262 g/mol. The predicted molar refractivity (Wildman–Crippen MR) is 78.1 cm³/mol. The molecule has 102 valence electrons. The monoisotopic (exact) mass is 279 g/mol. The van der Waals surface area contributed by atoms with E-state index in [-0.39, 0.29) is 19.8 Å². The maximum atomic E-state index is 5.76.